The highest BCUT2D eigenvalue weighted by Crippen LogP contribution is 2.63. The van der Waals surface area contributed by atoms with Gasteiger partial charge in [0, 0.05) is 17.0 Å². The summed E-state index contributed by atoms with van der Waals surface area (Å²) in [5.74, 6) is 1.28. The molecule has 0 radical (unpaired) electrons. The van der Waals surface area contributed by atoms with Crippen LogP contribution in [0.25, 0.3) is 0 Å². The van der Waals surface area contributed by atoms with E-state index in [0.29, 0.717) is 17.7 Å². The van der Waals surface area contributed by atoms with Gasteiger partial charge in [0.25, 0.3) is 0 Å². The second-order valence-electron chi connectivity index (χ2n) is 7.71. The van der Waals surface area contributed by atoms with E-state index in [1.54, 1.807) is 6.07 Å². The molecule has 25 heavy (non-hydrogen) atoms. The lowest BCUT2D eigenvalue weighted by Gasteiger charge is -2.57. The van der Waals surface area contributed by atoms with Crippen LogP contribution in [-0.2, 0) is 11.8 Å². The van der Waals surface area contributed by atoms with Crippen LogP contribution in [0.5, 0.6) is 11.5 Å². The van der Waals surface area contributed by atoms with Crippen LogP contribution in [0.3, 0.4) is 0 Å². The number of aromatic hydroxyl groups is 1. The van der Waals surface area contributed by atoms with Crippen LogP contribution in [0.2, 0.25) is 0 Å². The number of nitrogens with one attached hydrogen (secondary N) is 1. The summed E-state index contributed by atoms with van der Waals surface area (Å²) in [5, 5.41) is 14.7. The number of likely N-dealkylation sites (tertiary alicyclic amines) is 1. The van der Waals surface area contributed by atoms with Crippen molar-refractivity contribution in [2.45, 2.75) is 43.2 Å². The zero-order valence-electron chi connectivity index (χ0n) is 14.2. The van der Waals surface area contributed by atoms with Crippen molar-refractivity contribution in [1.29, 1.82) is 0 Å². The number of urea groups is 1. The molecule has 2 aliphatic carbocycles. The molecule has 2 heterocycles. The Morgan fingerprint density at radius 2 is 2.36 bits per heavy atom. The highest BCUT2D eigenvalue weighted by molar-refractivity contribution is 5.94. The normalized spacial score (nSPS) is 36.7. The first-order valence-corrected chi connectivity index (χ1v) is 8.86. The molecule has 2 aliphatic heterocycles. The molecule has 4 N–H and O–H groups in total. The van der Waals surface area contributed by atoms with Crippen molar-refractivity contribution in [3.05, 3.63) is 23.3 Å². The topological polar surface area (TPSA) is 100 Å². The summed E-state index contributed by atoms with van der Waals surface area (Å²) in [6.45, 7) is 0.992. The predicted octanol–water partition coefficient (Wildman–Crippen LogP) is 1.09. The molecule has 1 unspecified atom stereocenters. The number of hydrogen-bond acceptors (Lipinski definition) is 5. The first kappa shape index (κ1) is 15.0. The highest BCUT2D eigenvalue weighted by Gasteiger charge is 2.64. The number of benzene rings is 1. The van der Waals surface area contributed by atoms with Crippen molar-refractivity contribution in [3.8, 4) is 11.5 Å². The van der Waals surface area contributed by atoms with Crippen LogP contribution in [-0.4, -0.2) is 47.5 Å². The Labute approximate surface area is 145 Å². The van der Waals surface area contributed by atoms with Crippen molar-refractivity contribution in [1.82, 2.24) is 10.3 Å². The van der Waals surface area contributed by atoms with Crippen LogP contribution in [0.4, 0.5) is 4.79 Å². The van der Waals surface area contributed by atoms with Gasteiger partial charge in [-0.1, -0.05) is 6.07 Å². The Balaban J connectivity index is 1.70. The van der Waals surface area contributed by atoms with Gasteiger partial charge < -0.3 is 20.5 Å². The van der Waals surface area contributed by atoms with Crippen molar-refractivity contribution in [2.75, 3.05) is 13.6 Å². The van der Waals surface area contributed by atoms with Crippen molar-refractivity contribution in [2.24, 2.45) is 16.8 Å². The minimum Gasteiger partial charge on any atom is -0.504 e. The summed E-state index contributed by atoms with van der Waals surface area (Å²) in [6.07, 6.45) is 3.49. The fourth-order valence-electron chi connectivity index (χ4n) is 5.78. The molecule has 1 saturated carbocycles. The molecule has 0 aromatic heterocycles. The molecule has 1 aromatic rings. The summed E-state index contributed by atoms with van der Waals surface area (Å²) in [7, 11) is 2.20. The zero-order valence-corrected chi connectivity index (χ0v) is 14.2. The number of hydrazone groups is 1. The fraction of sp³-hybridized carbons (Fsp3) is 0.556. The van der Waals surface area contributed by atoms with E-state index in [4.69, 9.17) is 10.5 Å². The number of carbonyl (C=O) groups is 1. The number of nitrogens with two attached hydrogens (primary N) is 1. The van der Waals surface area contributed by atoms with E-state index in [1.807, 2.05) is 6.07 Å². The number of hydrogen-bond donors (Lipinski definition) is 3. The first-order valence-electron chi connectivity index (χ1n) is 8.86. The van der Waals surface area contributed by atoms with Gasteiger partial charge >= 0.3 is 6.03 Å². The van der Waals surface area contributed by atoms with Gasteiger partial charge in [-0.2, -0.15) is 5.10 Å². The van der Waals surface area contributed by atoms with Gasteiger partial charge in [0.1, 0.15) is 6.10 Å². The number of amides is 2. The maximum absolute atomic E-state index is 11.1. The summed E-state index contributed by atoms with van der Waals surface area (Å²) < 4.78 is 6.30. The average molecular weight is 342 g/mol. The lowest BCUT2D eigenvalue weighted by atomic mass is 9.51. The van der Waals surface area contributed by atoms with E-state index in [9.17, 15) is 9.90 Å². The van der Waals surface area contributed by atoms with E-state index in [2.05, 4.69) is 22.5 Å². The van der Waals surface area contributed by atoms with Crippen molar-refractivity contribution < 1.29 is 14.6 Å². The number of phenols is 1. The SMILES string of the molecule is CN1CC[C@]23c4c5ccc(O)c4OC2/C(=N/NC(N)=O)CC[C@H]3[C@H]1C5. The Morgan fingerprint density at radius 3 is 3.16 bits per heavy atom. The molecule has 4 aliphatic rings. The van der Waals surface area contributed by atoms with Crippen LogP contribution < -0.4 is 15.9 Å². The number of phenolic OH excluding ortho intramolecular Hbond substituents is 1. The van der Waals surface area contributed by atoms with Crippen LogP contribution in [0.15, 0.2) is 17.2 Å². The lowest BCUT2D eigenvalue weighted by molar-refractivity contribution is -0.00704. The molecule has 1 saturated heterocycles. The summed E-state index contributed by atoms with van der Waals surface area (Å²) in [4.78, 5) is 13.6. The monoisotopic (exact) mass is 342 g/mol. The number of piperidine rings is 1. The van der Waals surface area contributed by atoms with Crippen molar-refractivity contribution in [3.63, 3.8) is 0 Å². The average Bonchev–Trinajstić information content (AvgIpc) is 2.94. The maximum atomic E-state index is 11.1. The smallest absolute Gasteiger partial charge is 0.332 e. The fourth-order valence-corrected chi connectivity index (χ4v) is 5.78. The Kier molecular flexibility index (Phi) is 2.93. The van der Waals surface area contributed by atoms with Gasteiger partial charge in [0.05, 0.1) is 5.71 Å². The van der Waals surface area contributed by atoms with Crippen LogP contribution in [0.1, 0.15) is 30.4 Å². The zero-order chi connectivity index (χ0) is 17.3. The van der Waals surface area contributed by atoms with Crippen molar-refractivity contribution >= 4 is 11.7 Å². The highest BCUT2D eigenvalue weighted by atomic mass is 16.5. The van der Waals surface area contributed by atoms with Gasteiger partial charge in [0.15, 0.2) is 11.5 Å². The van der Waals surface area contributed by atoms with E-state index in [0.717, 1.165) is 37.9 Å². The summed E-state index contributed by atoms with van der Waals surface area (Å²) in [6, 6.07) is 3.58. The lowest BCUT2D eigenvalue weighted by Crippen LogP contribution is -2.65. The molecule has 5 rings (SSSR count). The largest absolute Gasteiger partial charge is 0.504 e. The predicted molar refractivity (Wildman–Crippen MR) is 91.8 cm³/mol. The third-order valence-corrected chi connectivity index (χ3v) is 6.72. The van der Waals surface area contributed by atoms with Gasteiger partial charge in [-0.3, -0.25) is 0 Å². The van der Waals surface area contributed by atoms with Gasteiger partial charge in [-0.05, 0) is 56.8 Å². The van der Waals surface area contributed by atoms with Crippen LogP contribution in [0, 0.1) is 5.92 Å². The molecule has 1 spiro atoms. The maximum Gasteiger partial charge on any atom is 0.332 e. The Morgan fingerprint density at radius 1 is 1.52 bits per heavy atom. The standard InChI is InChI=1S/C18H22N4O3/c1-22-7-6-18-10-3-4-11(20-21-17(19)24)16(18)25-15-13(23)5-2-9(14(15)18)8-12(10)22/h2,5,10,12,16,23H,3-4,6-8H2,1H3,(H3,19,21,24)/b20-11+/t10-,12+,16?,18-/m0/s1. The van der Waals surface area contributed by atoms with E-state index < -0.39 is 6.03 Å². The molecule has 4 atom stereocenters. The second kappa shape index (κ2) is 4.88. The third kappa shape index (κ3) is 1.79. The number of ether oxygens (including phenoxy) is 1. The molecule has 7 heteroatoms. The summed E-state index contributed by atoms with van der Waals surface area (Å²) in [5.41, 5.74) is 10.7. The van der Waals surface area contributed by atoms with E-state index >= 15 is 0 Å². The molecule has 1 aromatic carbocycles. The van der Waals surface area contributed by atoms with Gasteiger partial charge in [-0.25, -0.2) is 10.2 Å². The molecular weight excluding hydrogens is 320 g/mol. The minimum absolute atomic E-state index is 0.157. The minimum atomic E-state index is -0.670. The summed E-state index contributed by atoms with van der Waals surface area (Å²) >= 11 is 0. The third-order valence-electron chi connectivity index (χ3n) is 6.72. The quantitative estimate of drug-likeness (QED) is 0.665. The van der Waals surface area contributed by atoms with Gasteiger partial charge in [0.2, 0.25) is 0 Å². The van der Waals surface area contributed by atoms with E-state index in [-0.39, 0.29) is 17.3 Å². The second-order valence-corrected chi connectivity index (χ2v) is 7.71. The van der Waals surface area contributed by atoms with E-state index in [1.165, 1.54) is 11.1 Å². The number of primary amides is 1. The molecule has 132 valence electrons. The Hall–Kier alpha value is -2.28. The molecule has 2 amide bonds. The number of rotatable bonds is 1. The molecule has 7 nitrogen and oxygen atoms in total. The van der Waals surface area contributed by atoms with Gasteiger partial charge in [-0.15, -0.1) is 0 Å². The molecule has 2 fully saturated rings. The molecular formula is C18H22N4O3. The number of carbonyl (C=O) groups excluding carboxylic acids is 1. The Bertz CT molecular complexity index is 808. The number of nitrogens with zero attached hydrogens (tertiary/aromatic N) is 2. The van der Waals surface area contributed by atoms with Crippen LogP contribution >= 0.6 is 0 Å². The molecule has 2 bridgehead atoms. The first-order chi connectivity index (χ1) is 12.0. The number of likely N-dealkylation sites (N-methyl/N-ethyl adjacent to an activating group) is 1.